The van der Waals surface area contributed by atoms with Crippen molar-refractivity contribution in [2.45, 2.75) is 18.9 Å². The fraction of sp³-hybridized carbons (Fsp3) is 0.316. The molecule has 1 atom stereocenters. The number of ether oxygens (including phenoxy) is 1. The number of carbonyl (C=O) groups excluding carboxylic acids is 1. The third-order valence-corrected chi connectivity index (χ3v) is 4.31. The zero-order valence-corrected chi connectivity index (χ0v) is 13.7. The lowest BCUT2D eigenvalue weighted by Crippen LogP contribution is -2.39. The summed E-state index contributed by atoms with van der Waals surface area (Å²) in [5, 5.41) is 2.82. The normalized spacial score (nSPS) is 17.6. The predicted molar refractivity (Wildman–Crippen MR) is 93.0 cm³/mol. The third-order valence-electron chi connectivity index (χ3n) is 4.31. The summed E-state index contributed by atoms with van der Waals surface area (Å²) in [4.78, 5) is 14.4. The molecule has 1 N–H and O–H groups in total. The van der Waals surface area contributed by atoms with Gasteiger partial charge in [0.1, 0.15) is 5.82 Å². The van der Waals surface area contributed by atoms with Crippen molar-refractivity contribution in [2.75, 3.05) is 30.4 Å². The van der Waals surface area contributed by atoms with Gasteiger partial charge in [-0.25, -0.2) is 4.39 Å². The zero-order valence-electron chi connectivity index (χ0n) is 13.7. The minimum atomic E-state index is -0.355. The lowest BCUT2D eigenvalue weighted by molar-refractivity contribution is 0.0893. The Balaban J connectivity index is 1.64. The van der Waals surface area contributed by atoms with Crippen molar-refractivity contribution >= 4 is 17.3 Å². The molecule has 1 aliphatic rings. The number of halogens is 1. The number of carbonyl (C=O) groups is 1. The summed E-state index contributed by atoms with van der Waals surface area (Å²) in [6.45, 7) is 1.90. The van der Waals surface area contributed by atoms with Gasteiger partial charge in [0, 0.05) is 37.1 Å². The van der Waals surface area contributed by atoms with Gasteiger partial charge in [-0.1, -0.05) is 0 Å². The Bertz CT molecular complexity index is 686. The van der Waals surface area contributed by atoms with Crippen LogP contribution in [0.2, 0.25) is 0 Å². The second-order valence-electron chi connectivity index (χ2n) is 5.95. The highest BCUT2D eigenvalue weighted by molar-refractivity contribution is 6.04. The largest absolute Gasteiger partial charge is 0.380 e. The molecule has 3 rings (SSSR count). The topological polar surface area (TPSA) is 41.6 Å². The summed E-state index contributed by atoms with van der Waals surface area (Å²) < 4.78 is 18.4. The van der Waals surface area contributed by atoms with E-state index in [1.54, 1.807) is 7.11 Å². The van der Waals surface area contributed by atoms with E-state index in [1.807, 2.05) is 24.3 Å². The van der Waals surface area contributed by atoms with Crippen LogP contribution in [0.15, 0.2) is 48.5 Å². The molecule has 0 spiro atoms. The first-order valence-electron chi connectivity index (χ1n) is 8.10. The molecule has 0 aliphatic carbocycles. The second-order valence-corrected chi connectivity index (χ2v) is 5.95. The quantitative estimate of drug-likeness (QED) is 0.930. The van der Waals surface area contributed by atoms with Gasteiger partial charge in [0.05, 0.1) is 6.10 Å². The van der Waals surface area contributed by atoms with Crippen LogP contribution in [0.1, 0.15) is 23.2 Å². The first-order chi connectivity index (χ1) is 11.7. The SMILES string of the molecule is COC1CCCN(c2ccc(NC(=O)c3ccc(F)cc3)cc2)C1. The van der Waals surface area contributed by atoms with Gasteiger partial charge in [-0.2, -0.15) is 0 Å². The summed E-state index contributed by atoms with van der Waals surface area (Å²) in [7, 11) is 1.75. The molecule has 1 amide bonds. The zero-order chi connectivity index (χ0) is 16.9. The molecule has 1 saturated heterocycles. The van der Waals surface area contributed by atoms with Crippen LogP contribution in [0.4, 0.5) is 15.8 Å². The summed E-state index contributed by atoms with van der Waals surface area (Å²) in [5.74, 6) is -0.605. The predicted octanol–water partition coefficient (Wildman–Crippen LogP) is 3.69. The molecular weight excluding hydrogens is 307 g/mol. The number of hydrogen-bond acceptors (Lipinski definition) is 3. The van der Waals surface area contributed by atoms with Gasteiger partial charge in [0.25, 0.3) is 5.91 Å². The number of amides is 1. The molecule has 0 aromatic heterocycles. The molecule has 2 aromatic carbocycles. The molecule has 1 aliphatic heterocycles. The van der Waals surface area contributed by atoms with Crippen LogP contribution in [-0.2, 0) is 4.74 Å². The highest BCUT2D eigenvalue weighted by Crippen LogP contribution is 2.23. The van der Waals surface area contributed by atoms with E-state index >= 15 is 0 Å². The van der Waals surface area contributed by atoms with Gasteiger partial charge in [0.2, 0.25) is 0 Å². The average molecular weight is 328 g/mol. The molecule has 5 heteroatoms. The minimum Gasteiger partial charge on any atom is -0.380 e. The van der Waals surface area contributed by atoms with E-state index in [1.165, 1.54) is 24.3 Å². The standard InChI is InChI=1S/C19H21FN2O2/c1-24-18-3-2-12-22(13-18)17-10-8-16(9-11-17)21-19(23)14-4-6-15(20)7-5-14/h4-11,18H,2-3,12-13H2,1H3,(H,21,23). The summed E-state index contributed by atoms with van der Waals surface area (Å²) in [6, 6.07) is 13.3. The van der Waals surface area contributed by atoms with E-state index in [2.05, 4.69) is 10.2 Å². The van der Waals surface area contributed by atoms with Crippen LogP contribution in [0.3, 0.4) is 0 Å². The summed E-state index contributed by atoms with van der Waals surface area (Å²) in [5.41, 5.74) is 2.27. The van der Waals surface area contributed by atoms with E-state index in [-0.39, 0.29) is 17.8 Å². The molecule has 0 saturated carbocycles. The third kappa shape index (κ3) is 3.92. The van der Waals surface area contributed by atoms with Gasteiger partial charge in [0.15, 0.2) is 0 Å². The van der Waals surface area contributed by atoms with Crippen molar-refractivity contribution in [3.05, 3.63) is 59.9 Å². The summed E-state index contributed by atoms with van der Waals surface area (Å²) in [6.07, 6.45) is 2.48. The number of nitrogens with zero attached hydrogens (tertiary/aromatic N) is 1. The van der Waals surface area contributed by atoms with Gasteiger partial charge >= 0.3 is 0 Å². The highest BCUT2D eigenvalue weighted by atomic mass is 19.1. The number of nitrogens with one attached hydrogen (secondary N) is 1. The van der Waals surface area contributed by atoms with Crippen LogP contribution in [0.5, 0.6) is 0 Å². The first kappa shape index (κ1) is 16.5. The molecule has 1 heterocycles. The number of piperidine rings is 1. The van der Waals surface area contributed by atoms with Gasteiger partial charge in [-0.15, -0.1) is 0 Å². The van der Waals surface area contributed by atoms with Crippen LogP contribution >= 0.6 is 0 Å². The number of benzene rings is 2. The van der Waals surface area contributed by atoms with Crippen molar-refractivity contribution in [2.24, 2.45) is 0 Å². The van der Waals surface area contributed by atoms with Crippen molar-refractivity contribution in [3.63, 3.8) is 0 Å². The van der Waals surface area contributed by atoms with Gasteiger partial charge < -0.3 is 15.0 Å². The maximum atomic E-state index is 12.9. The van der Waals surface area contributed by atoms with E-state index < -0.39 is 0 Å². The summed E-state index contributed by atoms with van der Waals surface area (Å²) >= 11 is 0. The molecule has 1 unspecified atom stereocenters. The van der Waals surface area contributed by atoms with Crippen molar-refractivity contribution in [1.82, 2.24) is 0 Å². The van der Waals surface area contributed by atoms with E-state index in [4.69, 9.17) is 4.74 Å². The number of methoxy groups -OCH3 is 1. The van der Waals surface area contributed by atoms with Crippen LogP contribution in [0.25, 0.3) is 0 Å². The maximum absolute atomic E-state index is 12.9. The Labute approximate surface area is 141 Å². The average Bonchev–Trinajstić information content (AvgIpc) is 2.63. The first-order valence-corrected chi connectivity index (χ1v) is 8.10. The lowest BCUT2D eigenvalue weighted by atomic mass is 10.1. The number of rotatable bonds is 4. The van der Waals surface area contributed by atoms with Crippen molar-refractivity contribution in [1.29, 1.82) is 0 Å². The minimum absolute atomic E-state index is 0.250. The fourth-order valence-corrected chi connectivity index (χ4v) is 2.93. The highest BCUT2D eigenvalue weighted by Gasteiger charge is 2.19. The van der Waals surface area contributed by atoms with Gasteiger partial charge in [-0.3, -0.25) is 4.79 Å². The number of anilines is 2. The van der Waals surface area contributed by atoms with E-state index in [0.29, 0.717) is 11.3 Å². The van der Waals surface area contributed by atoms with Gasteiger partial charge in [-0.05, 0) is 61.4 Å². The number of hydrogen-bond donors (Lipinski definition) is 1. The Kier molecular flexibility index (Phi) is 5.11. The Morgan fingerprint density at radius 3 is 2.54 bits per heavy atom. The van der Waals surface area contributed by atoms with Crippen LogP contribution in [0, 0.1) is 5.82 Å². The Hall–Kier alpha value is -2.40. The molecule has 126 valence electrons. The molecule has 2 aromatic rings. The Morgan fingerprint density at radius 1 is 1.17 bits per heavy atom. The monoisotopic (exact) mass is 328 g/mol. The van der Waals surface area contributed by atoms with E-state index in [0.717, 1.165) is 31.6 Å². The van der Waals surface area contributed by atoms with Crippen molar-refractivity contribution in [3.8, 4) is 0 Å². The molecule has 24 heavy (non-hydrogen) atoms. The van der Waals surface area contributed by atoms with Crippen molar-refractivity contribution < 1.29 is 13.9 Å². The second kappa shape index (κ2) is 7.45. The van der Waals surface area contributed by atoms with Crippen LogP contribution in [-0.4, -0.2) is 32.2 Å². The molecule has 0 bridgehead atoms. The lowest BCUT2D eigenvalue weighted by Gasteiger charge is -2.33. The van der Waals surface area contributed by atoms with E-state index in [9.17, 15) is 9.18 Å². The smallest absolute Gasteiger partial charge is 0.255 e. The fourth-order valence-electron chi connectivity index (χ4n) is 2.93. The van der Waals surface area contributed by atoms with Crippen LogP contribution < -0.4 is 10.2 Å². The molecule has 4 nitrogen and oxygen atoms in total. The molecule has 1 fully saturated rings. The maximum Gasteiger partial charge on any atom is 0.255 e. The molecule has 0 radical (unpaired) electrons. The Morgan fingerprint density at radius 2 is 1.88 bits per heavy atom. The molecular formula is C19H21FN2O2.